The number of aliphatic carboxylic acids is 3. The Labute approximate surface area is 195 Å². The number of carbonyl (C=O) groups is 3. The SMILES string of the molecule is CC1(C(=O)O)C=CC=C(C(=O)O)C1.O=C(O)C1CCN(Cc2cnc(-c3ccccc3)s2)C1. The van der Waals surface area contributed by atoms with Gasteiger partial charge in [-0.2, -0.15) is 0 Å². The monoisotopic (exact) mass is 470 g/mol. The molecule has 0 bridgehead atoms. The molecule has 33 heavy (non-hydrogen) atoms. The highest BCUT2D eigenvalue weighted by molar-refractivity contribution is 7.15. The molecule has 1 aliphatic heterocycles. The maximum Gasteiger partial charge on any atom is 0.331 e. The fourth-order valence-corrected chi connectivity index (χ4v) is 4.64. The smallest absolute Gasteiger partial charge is 0.331 e. The van der Waals surface area contributed by atoms with Gasteiger partial charge in [-0.05, 0) is 26.3 Å². The minimum atomic E-state index is -1.08. The van der Waals surface area contributed by atoms with E-state index in [0.717, 1.165) is 30.1 Å². The molecule has 2 unspecified atom stereocenters. The Balaban J connectivity index is 0.000000205. The molecule has 8 nitrogen and oxygen atoms in total. The van der Waals surface area contributed by atoms with Gasteiger partial charge in [-0.25, -0.2) is 9.78 Å². The van der Waals surface area contributed by atoms with Crippen LogP contribution in [-0.4, -0.2) is 56.2 Å². The van der Waals surface area contributed by atoms with Crippen LogP contribution in [0.5, 0.6) is 0 Å². The summed E-state index contributed by atoms with van der Waals surface area (Å²) >= 11 is 1.68. The minimum absolute atomic E-state index is 0.0359. The topological polar surface area (TPSA) is 128 Å². The summed E-state index contributed by atoms with van der Waals surface area (Å²) in [5.74, 6) is -2.95. The van der Waals surface area contributed by atoms with Crippen LogP contribution >= 0.6 is 11.3 Å². The Kier molecular flexibility index (Phi) is 7.78. The van der Waals surface area contributed by atoms with Crippen molar-refractivity contribution in [2.24, 2.45) is 11.3 Å². The molecule has 1 aromatic carbocycles. The number of carboxylic acid groups (broad SMARTS) is 3. The highest BCUT2D eigenvalue weighted by atomic mass is 32.1. The lowest BCUT2D eigenvalue weighted by molar-refractivity contribution is -0.145. The van der Waals surface area contributed by atoms with E-state index in [0.29, 0.717) is 6.54 Å². The van der Waals surface area contributed by atoms with E-state index in [4.69, 9.17) is 15.3 Å². The number of allylic oxidation sites excluding steroid dienone is 2. The van der Waals surface area contributed by atoms with Crippen LogP contribution in [0.2, 0.25) is 0 Å². The number of thiazole rings is 1. The van der Waals surface area contributed by atoms with Crippen LogP contribution < -0.4 is 0 Å². The predicted molar refractivity (Wildman–Crippen MR) is 124 cm³/mol. The second-order valence-electron chi connectivity index (χ2n) is 8.31. The molecule has 1 aromatic heterocycles. The summed E-state index contributed by atoms with van der Waals surface area (Å²) in [6, 6.07) is 10.1. The zero-order chi connectivity index (χ0) is 24.0. The van der Waals surface area contributed by atoms with E-state index >= 15 is 0 Å². The summed E-state index contributed by atoms with van der Waals surface area (Å²) in [5, 5.41) is 27.5. The first-order valence-electron chi connectivity index (χ1n) is 10.5. The molecule has 3 N–H and O–H groups in total. The summed E-state index contributed by atoms with van der Waals surface area (Å²) in [6.07, 6.45) is 7.09. The summed E-state index contributed by atoms with van der Waals surface area (Å²) in [4.78, 5) is 40.1. The largest absolute Gasteiger partial charge is 0.481 e. The van der Waals surface area contributed by atoms with E-state index in [1.807, 2.05) is 24.4 Å². The molecular formula is C24H26N2O6S. The molecule has 2 heterocycles. The van der Waals surface area contributed by atoms with Crippen LogP contribution in [0.15, 0.2) is 60.3 Å². The summed E-state index contributed by atoms with van der Waals surface area (Å²) < 4.78 is 0. The lowest BCUT2D eigenvalue weighted by Crippen LogP contribution is -2.28. The van der Waals surface area contributed by atoms with Gasteiger partial charge in [0.2, 0.25) is 0 Å². The second-order valence-corrected chi connectivity index (χ2v) is 9.43. The number of hydrogen-bond acceptors (Lipinski definition) is 6. The van der Waals surface area contributed by atoms with Crippen molar-refractivity contribution >= 4 is 29.2 Å². The molecule has 4 rings (SSSR count). The zero-order valence-corrected chi connectivity index (χ0v) is 19.0. The van der Waals surface area contributed by atoms with Crippen molar-refractivity contribution in [3.05, 3.63) is 65.2 Å². The van der Waals surface area contributed by atoms with Crippen molar-refractivity contribution in [1.29, 1.82) is 0 Å². The van der Waals surface area contributed by atoms with Crippen LogP contribution in [0.4, 0.5) is 0 Å². The number of likely N-dealkylation sites (tertiary alicyclic amines) is 1. The number of benzene rings is 1. The Morgan fingerprint density at radius 2 is 1.91 bits per heavy atom. The summed E-state index contributed by atoms with van der Waals surface area (Å²) in [5.41, 5.74) is 0.184. The van der Waals surface area contributed by atoms with E-state index in [1.165, 1.54) is 30.0 Å². The Bertz CT molecular complexity index is 1080. The molecule has 0 spiro atoms. The van der Waals surface area contributed by atoms with Gasteiger partial charge < -0.3 is 15.3 Å². The maximum atomic E-state index is 11.0. The van der Waals surface area contributed by atoms with Crippen molar-refractivity contribution < 1.29 is 29.7 Å². The van der Waals surface area contributed by atoms with Gasteiger partial charge in [0.15, 0.2) is 0 Å². The quantitative estimate of drug-likeness (QED) is 0.582. The molecule has 1 aliphatic carbocycles. The van der Waals surface area contributed by atoms with Crippen LogP contribution in [0.1, 0.15) is 24.6 Å². The van der Waals surface area contributed by atoms with Gasteiger partial charge in [0.25, 0.3) is 0 Å². The highest BCUT2D eigenvalue weighted by Crippen LogP contribution is 2.31. The lowest BCUT2D eigenvalue weighted by Gasteiger charge is -2.23. The number of rotatable bonds is 6. The fraction of sp³-hybridized carbons (Fsp3) is 0.333. The van der Waals surface area contributed by atoms with E-state index in [9.17, 15) is 14.4 Å². The third kappa shape index (κ3) is 6.36. The Hall–Kier alpha value is -3.30. The van der Waals surface area contributed by atoms with Gasteiger partial charge in [-0.15, -0.1) is 11.3 Å². The fourth-order valence-electron chi connectivity index (χ4n) is 3.68. The van der Waals surface area contributed by atoms with Crippen LogP contribution in [0, 0.1) is 11.3 Å². The van der Waals surface area contributed by atoms with Crippen molar-refractivity contribution in [1.82, 2.24) is 9.88 Å². The molecule has 9 heteroatoms. The predicted octanol–water partition coefficient (Wildman–Crippen LogP) is 3.76. The van der Waals surface area contributed by atoms with Crippen LogP contribution in [0.3, 0.4) is 0 Å². The Morgan fingerprint density at radius 1 is 1.18 bits per heavy atom. The lowest BCUT2D eigenvalue weighted by atomic mass is 9.80. The zero-order valence-electron chi connectivity index (χ0n) is 18.2. The number of aromatic nitrogens is 1. The first-order chi connectivity index (χ1) is 15.7. The standard InChI is InChI=1S/C15H16N2O2S.C9H10O4/c18-15(19)12-6-7-17(9-12)10-13-8-16-14(20-13)11-4-2-1-3-5-11;1-9(8(12)13)4-2-3-6(5-9)7(10)11/h1-5,8,12H,6-7,9-10H2,(H,18,19);2-4H,5H2,1H3,(H,10,11)(H,12,13). The average Bonchev–Trinajstić information content (AvgIpc) is 3.45. The normalized spacial score (nSPS) is 22.2. The van der Waals surface area contributed by atoms with Crippen molar-refractivity contribution in [2.45, 2.75) is 26.3 Å². The van der Waals surface area contributed by atoms with Gasteiger partial charge in [0, 0.05) is 35.3 Å². The number of carboxylic acids is 3. The Morgan fingerprint density at radius 3 is 2.52 bits per heavy atom. The molecule has 2 aliphatic rings. The molecule has 1 saturated heterocycles. The molecule has 174 valence electrons. The average molecular weight is 471 g/mol. The van der Waals surface area contributed by atoms with Gasteiger partial charge in [0.05, 0.1) is 11.3 Å². The van der Waals surface area contributed by atoms with E-state index < -0.39 is 23.3 Å². The third-order valence-corrected chi connectivity index (χ3v) is 6.69. The highest BCUT2D eigenvalue weighted by Gasteiger charge is 2.34. The van der Waals surface area contributed by atoms with E-state index in [2.05, 4.69) is 22.0 Å². The summed E-state index contributed by atoms with van der Waals surface area (Å²) in [7, 11) is 0. The van der Waals surface area contributed by atoms with E-state index in [-0.39, 0.29) is 17.9 Å². The van der Waals surface area contributed by atoms with Crippen molar-refractivity contribution in [3.8, 4) is 10.6 Å². The van der Waals surface area contributed by atoms with Crippen LogP contribution in [-0.2, 0) is 20.9 Å². The number of hydrogen-bond donors (Lipinski definition) is 3. The van der Waals surface area contributed by atoms with Gasteiger partial charge in [0.1, 0.15) is 5.01 Å². The van der Waals surface area contributed by atoms with Gasteiger partial charge >= 0.3 is 17.9 Å². The molecule has 1 fully saturated rings. The molecule has 0 saturated carbocycles. The molecule has 0 radical (unpaired) electrons. The molecule has 2 aromatic rings. The second kappa shape index (κ2) is 10.5. The van der Waals surface area contributed by atoms with Crippen molar-refractivity contribution in [3.63, 3.8) is 0 Å². The van der Waals surface area contributed by atoms with Crippen molar-refractivity contribution in [2.75, 3.05) is 13.1 Å². The minimum Gasteiger partial charge on any atom is -0.481 e. The van der Waals surface area contributed by atoms with Gasteiger partial charge in [-0.3, -0.25) is 14.5 Å². The maximum absolute atomic E-state index is 11.0. The van der Waals surface area contributed by atoms with E-state index in [1.54, 1.807) is 11.3 Å². The summed E-state index contributed by atoms with van der Waals surface area (Å²) in [6.45, 7) is 3.81. The van der Waals surface area contributed by atoms with Crippen LogP contribution in [0.25, 0.3) is 10.6 Å². The first-order valence-corrected chi connectivity index (χ1v) is 11.3. The molecular weight excluding hydrogens is 444 g/mol. The van der Waals surface area contributed by atoms with Gasteiger partial charge in [-0.1, -0.05) is 48.6 Å². The molecule has 0 amide bonds. The first kappa shape index (κ1) is 24.3. The third-order valence-electron chi connectivity index (χ3n) is 5.66. The molecule has 2 atom stereocenters. The number of nitrogens with zero attached hydrogens (tertiary/aromatic N) is 2.